The summed E-state index contributed by atoms with van der Waals surface area (Å²) in [6.45, 7) is 1.20. The van der Waals surface area contributed by atoms with Crippen LogP contribution in [0.2, 0.25) is 0 Å². The van der Waals surface area contributed by atoms with E-state index in [9.17, 15) is 14.0 Å². The molecule has 0 amide bonds. The highest BCUT2D eigenvalue weighted by atomic mass is 19.1. The monoisotopic (exact) mass is 312 g/mol. The molecule has 1 unspecified atom stereocenters. The van der Waals surface area contributed by atoms with E-state index in [2.05, 4.69) is 0 Å². The average molecular weight is 312 g/mol. The lowest BCUT2D eigenvalue weighted by Gasteiger charge is -2.17. The van der Waals surface area contributed by atoms with Crippen molar-refractivity contribution in [2.75, 3.05) is 0 Å². The Morgan fingerprint density at radius 3 is 2.52 bits per heavy atom. The minimum atomic E-state index is -1.16. The van der Waals surface area contributed by atoms with Crippen molar-refractivity contribution in [3.05, 3.63) is 82.0 Å². The van der Waals surface area contributed by atoms with Crippen LogP contribution in [-0.2, 0) is 9.53 Å². The Morgan fingerprint density at radius 1 is 1.09 bits per heavy atom. The summed E-state index contributed by atoms with van der Waals surface area (Å²) in [6.07, 6.45) is 0.0552. The lowest BCUT2D eigenvalue weighted by molar-refractivity contribution is -0.144. The number of halogens is 1. The van der Waals surface area contributed by atoms with Crippen LogP contribution in [-0.4, -0.2) is 5.97 Å². The van der Waals surface area contributed by atoms with E-state index >= 15 is 0 Å². The summed E-state index contributed by atoms with van der Waals surface area (Å²) in [5.74, 6) is -1.18. The Morgan fingerprint density at radius 2 is 1.78 bits per heavy atom. The number of para-hydroxylation sites is 1. The summed E-state index contributed by atoms with van der Waals surface area (Å²) < 4.78 is 24.7. The van der Waals surface area contributed by atoms with Crippen molar-refractivity contribution in [2.45, 2.75) is 13.0 Å². The maximum absolute atomic E-state index is 14.1. The molecule has 0 aliphatic carbocycles. The third kappa shape index (κ3) is 2.85. The molecule has 0 N–H and O–H groups in total. The van der Waals surface area contributed by atoms with Gasteiger partial charge in [0.15, 0.2) is 11.5 Å². The Hall–Kier alpha value is -2.95. The van der Waals surface area contributed by atoms with Gasteiger partial charge in [-0.2, -0.15) is 0 Å². The molecule has 2 aromatic carbocycles. The predicted molar refractivity (Wildman–Crippen MR) is 82.5 cm³/mol. The summed E-state index contributed by atoms with van der Waals surface area (Å²) in [4.78, 5) is 24.1. The fraction of sp³-hybridized carbons (Fsp3) is 0.111. The second-order valence-corrected chi connectivity index (χ2v) is 5.03. The number of carbonyl (C=O) groups is 1. The van der Waals surface area contributed by atoms with Crippen LogP contribution in [0.4, 0.5) is 4.39 Å². The zero-order valence-electron chi connectivity index (χ0n) is 12.3. The fourth-order valence-corrected chi connectivity index (χ4v) is 2.42. The number of hydrogen-bond acceptors (Lipinski definition) is 4. The van der Waals surface area contributed by atoms with Crippen LogP contribution in [0.1, 0.15) is 24.2 Å². The van der Waals surface area contributed by atoms with Gasteiger partial charge in [-0.15, -0.1) is 0 Å². The van der Waals surface area contributed by atoms with E-state index in [1.807, 2.05) is 0 Å². The Balaban J connectivity index is 2.22. The number of fused-ring (bicyclic) bond motifs is 1. The standard InChI is InChI=1S/C18H13FO4/c1-11(20)23-18(12-6-2-4-8-15(12)19)14-10-22-16-9-5-3-7-13(16)17(14)21/h2-10,18H,1H3. The van der Waals surface area contributed by atoms with E-state index in [4.69, 9.17) is 9.15 Å². The van der Waals surface area contributed by atoms with Crippen molar-refractivity contribution in [1.29, 1.82) is 0 Å². The second-order valence-electron chi connectivity index (χ2n) is 5.03. The molecule has 3 rings (SSSR count). The molecule has 3 aromatic rings. The zero-order chi connectivity index (χ0) is 16.4. The number of hydrogen-bond donors (Lipinski definition) is 0. The van der Waals surface area contributed by atoms with Crippen LogP contribution >= 0.6 is 0 Å². The van der Waals surface area contributed by atoms with Crippen LogP contribution < -0.4 is 5.43 Å². The molecular weight excluding hydrogens is 299 g/mol. The summed E-state index contributed by atoms with van der Waals surface area (Å²) in [5.41, 5.74) is 0.229. The molecule has 4 nitrogen and oxygen atoms in total. The molecule has 116 valence electrons. The van der Waals surface area contributed by atoms with Gasteiger partial charge in [0.1, 0.15) is 17.7 Å². The summed E-state index contributed by atoms with van der Waals surface area (Å²) in [7, 11) is 0. The molecule has 0 saturated heterocycles. The summed E-state index contributed by atoms with van der Waals surface area (Å²) in [5, 5.41) is 0.346. The molecule has 0 aliphatic rings. The fourth-order valence-electron chi connectivity index (χ4n) is 2.42. The van der Waals surface area contributed by atoms with Gasteiger partial charge in [0, 0.05) is 12.5 Å². The normalized spacial score (nSPS) is 12.1. The second kappa shape index (κ2) is 6.04. The molecule has 0 radical (unpaired) electrons. The van der Waals surface area contributed by atoms with Crippen molar-refractivity contribution in [2.24, 2.45) is 0 Å². The first-order valence-electron chi connectivity index (χ1n) is 7.00. The van der Waals surface area contributed by atoms with Crippen LogP contribution in [0.5, 0.6) is 0 Å². The third-order valence-electron chi connectivity index (χ3n) is 3.46. The lowest BCUT2D eigenvalue weighted by Crippen LogP contribution is -2.19. The molecule has 0 saturated carbocycles. The van der Waals surface area contributed by atoms with Gasteiger partial charge in [0.25, 0.3) is 0 Å². The predicted octanol–water partition coefficient (Wildman–Crippen LogP) is 3.58. The Kier molecular flexibility index (Phi) is 3.93. The van der Waals surface area contributed by atoms with Gasteiger partial charge in [0.2, 0.25) is 0 Å². The molecule has 1 heterocycles. The van der Waals surface area contributed by atoms with Gasteiger partial charge < -0.3 is 9.15 Å². The SMILES string of the molecule is CC(=O)OC(c1ccccc1F)c1coc2ccccc2c1=O. The van der Waals surface area contributed by atoms with E-state index in [1.165, 1.54) is 31.4 Å². The number of carbonyl (C=O) groups excluding carboxylic acids is 1. The van der Waals surface area contributed by atoms with Gasteiger partial charge in [-0.1, -0.05) is 30.3 Å². The number of rotatable bonds is 3. The van der Waals surface area contributed by atoms with Gasteiger partial charge in [-0.05, 0) is 18.2 Å². The zero-order valence-corrected chi connectivity index (χ0v) is 12.3. The molecule has 1 aromatic heterocycles. The highest BCUT2D eigenvalue weighted by Gasteiger charge is 2.25. The highest BCUT2D eigenvalue weighted by molar-refractivity contribution is 5.77. The largest absolute Gasteiger partial charge is 0.464 e. The van der Waals surface area contributed by atoms with Crippen LogP contribution in [0.25, 0.3) is 11.0 Å². The number of ether oxygens (including phenoxy) is 1. The van der Waals surface area contributed by atoms with E-state index in [0.717, 1.165) is 0 Å². The van der Waals surface area contributed by atoms with E-state index in [1.54, 1.807) is 30.3 Å². The maximum atomic E-state index is 14.1. The van der Waals surface area contributed by atoms with Crippen molar-refractivity contribution in [1.82, 2.24) is 0 Å². The molecule has 1 atom stereocenters. The van der Waals surface area contributed by atoms with Gasteiger partial charge >= 0.3 is 5.97 Å². The first-order chi connectivity index (χ1) is 11.1. The summed E-state index contributed by atoms with van der Waals surface area (Å²) >= 11 is 0. The Labute approximate surface area is 131 Å². The van der Waals surface area contributed by atoms with E-state index in [0.29, 0.717) is 11.0 Å². The Bertz CT molecular complexity index is 929. The van der Waals surface area contributed by atoms with Crippen LogP contribution in [0, 0.1) is 5.82 Å². The van der Waals surface area contributed by atoms with Crippen molar-refractivity contribution >= 4 is 16.9 Å². The van der Waals surface area contributed by atoms with Crippen molar-refractivity contribution < 1.29 is 18.3 Å². The van der Waals surface area contributed by atoms with Crippen molar-refractivity contribution in [3.8, 4) is 0 Å². The van der Waals surface area contributed by atoms with Crippen LogP contribution in [0.15, 0.2) is 64.0 Å². The van der Waals surface area contributed by atoms with Gasteiger partial charge in [0.05, 0.1) is 10.9 Å². The number of benzene rings is 2. The highest BCUT2D eigenvalue weighted by Crippen LogP contribution is 2.27. The average Bonchev–Trinajstić information content (AvgIpc) is 2.54. The number of esters is 1. The quantitative estimate of drug-likeness (QED) is 0.694. The first-order valence-corrected chi connectivity index (χ1v) is 7.00. The van der Waals surface area contributed by atoms with Crippen LogP contribution in [0.3, 0.4) is 0 Å². The smallest absolute Gasteiger partial charge is 0.303 e. The molecule has 0 aliphatic heterocycles. The molecule has 0 spiro atoms. The maximum Gasteiger partial charge on any atom is 0.303 e. The minimum absolute atomic E-state index is 0.0731. The van der Waals surface area contributed by atoms with E-state index < -0.39 is 17.9 Å². The molecule has 5 heteroatoms. The van der Waals surface area contributed by atoms with Gasteiger partial charge in [-0.25, -0.2) is 4.39 Å². The van der Waals surface area contributed by atoms with Gasteiger partial charge in [-0.3, -0.25) is 9.59 Å². The lowest BCUT2D eigenvalue weighted by atomic mass is 10.0. The van der Waals surface area contributed by atoms with E-state index in [-0.39, 0.29) is 16.6 Å². The van der Waals surface area contributed by atoms with Crippen molar-refractivity contribution in [3.63, 3.8) is 0 Å². The summed E-state index contributed by atoms with van der Waals surface area (Å²) in [6, 6.07) is 12.6. The topological polar surface area (TPSA) is 56.5 Å². The first kappa shape index (κ1) is 15.0. The third-order valence-corrected chi connectivity index (χ3v) is 3.46. The molecular formula is C18H13FO4. The molecule has 0 fully saturated rings. The molecule has 0 bridgehead atoms. The molecule has 23 heavy (non-hydrogen) atoms. The minimum Gasteiger partial charge on any atom is -0.464 e.